The molecule has 33 heavy (non-hydrogen) atoms. The number of Topliss-reactive ketones (excluding diaryl/α,β-unsaturated/α-hetero) is 1. The minimum absolute atomic E-state index is 0.0331. The van der Waals surface area contributed by atoms with E-state index in [1.54, 1.807) is 18.2 Å². The molecular weight excluding hydrogens is 431 g/mol. The van der Waals surface area contributed by atoms with Gasteiger partial charge in [0.05, 0.1) is 23.2 Å². The van der Waals surface area contributed by atoms with Gasteiger partial charge in [-0.1, -0.05) is 6.92 Å². The van der Waals surface area contributed by atoms with Crippen molar-refractivity contribution in [2.24, 2.45) is 11.8 Å². The van der Waals surface area contributed by atoms with E-state index in [-0.39, 0.29) is 29.4 Å². The van der Waals surface area contributed by atoms with Crippen LogP contribution in [0.2, 0.25) is 0 Å². The first kappa shape index (κ1) is 24.0. The van der Waals surface area contributed by atoms with Crippen LogP contribution in [0.3, 0.4) is 0 Å². The number of aliphatic hydroxyl groups excluding tert-OH is 1. The Morgan fingerprint density at radius 2 is 1.94 bits per heavy atom. The monoisotopic (exact) mass is 463 g/mol. The summed E-state index contributed by atoms with van der Waals surface area (Å²) in [6.07, 6.45) is -0.577. The zero-order chi connectivity index (χ0) is 23.8. The van der Waals surface area contributed by atoms with Gasteiger partial charge >= 0.3 is 6.18 Å². The Kier molecular flexibility index (Phi) is 6.96. The van der Waals surface area contributed by atoms with Crippen LogP contribution in [0.1, 0.15) is 45.1 Å². The molecule has 1 N–H and O–H groups in total. The number of ketones is 1. The highest BCUT2D eigenvalue weighted by molar-refractivity contribution is 5.94. The number of aliphatic hydroxyl groups is 1. The van der Waals surface area contributed by atoms with E-state index in [0.717, 1.165) is 37.8 Å². The maximum Gasteiger partial charge on any atom is 0.418 e. The summed E-state index contributed by atoms with van der Waals surface area (Å²) in [6.45, 7) is 6.90. The molecule has 2 fully saturated rings. The molecule has 2 aromatic rings. The number of carbonyl (C=O) groups is 1. The third kappa shape index (κ3) is 5.32. The zero-order valence-corrected chi connectivity index (χ0v) is 19.2. The summed E-state index contributed by atoms with van der Waals surface area (Å²) >= 11 is 0. The van der Waals surface area contributed by atoms with E-state index in [1.807, 2.05) is 6.92 Å². The number of halogens is 3. The van der Waals surface area contributed by atoms with E-state index in [0.29, 0.717) is 37.1 Å². The number of carbonyl (C=O) groups excluding carboxylic acids is 1. The van der Waals surface area contributed by atoms with E-state index >= 15 is 0 Å². The Labute approximate surface area is 192 Å². The minimum atomic E-state index is -4.46. The molecule has 1 unspecified atom stereocenters. The van der Waals surface area contributed by atoms with Gasteiger partial charge in [-0.05, 0) is 62.3 Å². The van der Waals surface area contributed by atoms with Crippen LogP contribution in [0.5, 0.6) is 0 Å². The van der Waals surface area contributed by atoms with Gasteiger partial charge in [-0.3, -0.25) is 14.7 Å². The SMILES string of the molecule is CC(C(=O)C[C@@H]1C[C@H](C)CN(c2ccc(C(F)(F)F)c3ncccc23)C1)N1CCC(O)CC1. The summed E-state index contributed by atoms with van der Waals surface area (Å²) in [6, 6.07) is 5.85. The van der Waals surface area contributed by atoms with Crippen molar-refractivity contribution < 1.29 is 23.1 Å². The van der Waals surface area contributed by atoms with Crippen LogP contribution in [-0.2, 0) is 11.0 Å². The van der Waals surface area contributed by atoms with Gasteiger partial charge in [-0.2, -0.15) is 13.2 Å². The maximum atomic E-state index is 13.5. The molecule has 0 amide bonds. The fraction of sp³-hybridized carbons (Fsp3) is 0.600. The molecular formula is C25H32F3N3O2. The standard InChI is InChI=1S/C25H32F3N3O2/c1-16-12-18(13-23(33)17(2)30-10-7-19(32)8-11-30)15-31(14-16)22-6-5-21(25(26,27)28)24-20(22)4-3-9-29-24/h3-6,9,16-19,32H,7-8,10-15H2,1-2H3/t16-,17?,18-/m0/s1. The van der Waals surface area contributed by atoms with E-state index < -0.39 is 11.7 Å². The van der Waals surface area contributed by atoms with Crippen molar-refractivity contribution in [3.8, 4) is 0 Å². The van der Waals surface area contributed by atoms with Gasteiger partial charge in [0, 0.05) is 49.9 Å². The number of aromatic nitrogens is 1. The fourth-order valence-electron chi connectivity index (χ4n) is 5.42. The second-order valence-electron chi connectivity index (χ2n) is 9.76. The molecule has 5 nitrogen and oxygen atoms in total. The van der Waals surface area contributed by atoms with E-state index in [4.69, 9.17) is 0 Å². The molecule has 0 saturated carbocycles. The van der Waals surface area contributed by atoms with E-state index in [9.17, 15) is 23.1 Å². The van der Waals surface area contributed by atoms with Gasteiger partial charge in [-0.15, -0.1) is 0 Å². The molecule has 2 aliphatic heterocycles. The van der Waals surface area contributed by atoms with Crippen molar-refractivity contribution in [1.82, 2.24) is 9.88 Å². The summed E-state index contributed by atoms with van der Waals surface area (Å²) in [7, 11) is 0. The second kappa shape index (κ2) is 9.58. The topological polar surface area (TPSA) is 56.7 Å². The van der Waals surface area contributed by atoms with Gasteiger partial charge in [0.2, 0.25) is 0 Å². The van der Waals surface area contributed by atoms with Crippen LogP contribution < -0.4 is 4.90 Å². The molecule has 2 aliphatic rings. The average Bonchev–Trinajstić information content (AvgIpc) is 2.77. The number of nitrogens with zero attached hydrogens (tertiary/aromatic N) is 3. The highest BCUT2D eigenvalue weighted by Gasteiger charge is 2.35. The Morgan fingerprint density at radius 1 is 1.21 bits per heavy atom. The number of alkyl halides is 3. The lowest BCUT2D eigenvalue weighted by Gasteiger charge is -2.39. The van der Waals surface area contributed by atoms with Gasteiger partial charge in [-0.25, -0.2) is 0 Å². The fourth-order valence-corrected chi connectivity index (χ4v) is 5.42. The van der Waals surface area contributed by atoms with Gasteiger partial charge in [0.15, 0.2) is 0 Å². The summed E-state index contributed by atoms with van der Waals surface area (Å²) in [5, 5.41) is 10.2. The molecule has 0 bridgehead atoms. The second-order valence-corrected chi connectivity index (χ2v) is 9.76. The van der Waals surface area contributed by atoms with Crippen molar-refractivity contribution in [2.75, 3.05) is 31.1 Å². The Morgan fingerprint density at radius 3 is 2.64 bits per heavy atom. The molecule has 3 heterocycles. The smallest absolute Gasteiger partial charge is 0.393 e. The molecule has 4 rings (SSSR count). The molecule has 0 radical (unpaired) electrons. The van der Waals surface area contributed by atoms with Crippen molar-refractivity contribution in [1.29, 1.82) is 0 Å². The third-order valence-electron chi connectivity index (χ3n) is 7.14. The lowest BCUT2D eigenvalue weighted by atomic mass is 9.85. The molecule has 0 spiro atoms. The number of fused-ring (bicyclic) bond motifs is 1. The van der Waals surface area contributed by atoms with Gasteiger partial charge in [0.1, 0.15) is 5.78 Å². The summed E-state index contributed by atoms with van der Waals surface area (Å²) in [4.78, 5) is 21.4. The summed E-state index contributed by atoms with van der Waals surface area (Å²) in [5.74, 6) is 0.670. The average molecular weight is 464 g/mol. The Hall–Kier alpha value is -2.19. The number of anilines is 1. The quantitative estimate of drug-likeness (QED) is 0.707. The molecule has 3 atom stereocenters. The van der Waals surface area contributed by atoms with Crippen molar-refractivity contribution in [3.05, 3.63) is 36.0 Å². The molecule has 1 aromatic heterocycles. The van der Waals surface area contributed by atoms with Crippen LogP contribution in [0, 0.1) is 11.8 Å². The predicted octanol–water partition coefficient (Wildman–Crippen LogP) is 4.52. The van der Waals surface area contributed by atoms with Crippen LogP contribution >= 0.6 is 0 Å². The largest absolute Gasteiger partial charge is 0.418 e. The molecule has 2 saturated heterocycles. The van der Waals surface area contributed by atoms with E-state index in [2.05, 4.69) is 21.7 Å². The lowest BCUT2D eigenvalue weighted by molar-refractivity contribution is -0.136. The normalized spacial score (nSPS) is 24.2. The Bertz CT molecular complexity index is 989. The molecule has 8 heteroatoms. The number of likely N-dealkylation sites (tertiary alicyclic amines) is 1. The summed E-state index contributed by atoms with van der Waals surface area (Å²) < 4.78 is 40.5. The van der Waals surface area contributed by atoms with Crippen molar-refractivity contribution >= 4 is 22.4 Å². The number of rotatable bonds is 5. The van der Waals surface area contributed by atoms with Crippen LogP contribution in [0.15, 0.2) is 30.5 Å². The van der Waals surface area contributed by atoms with Gasteiger partial charge < -0.3 is 10.0 Å². The first-order valence-corrected chi connectivity index (χ1v) is 11.8. The molecule has 180 valence electrons. The van der Waals surface area contributed by atoms with Crippen molar-refractivity contribution in [2.45, 2.75) is 57.9 Å². The number of piperidine rings is 2. The number of hydrogen-bond donors (Lipinski definition) is 1. The van der Waals surface area contributed by atoms with Crippen LogP contribution in [0.25, 0.3) is 10.9 Å². The first-order valence-electron chi connectivity index (χ1n) is 11.8. The molecule has 1 aromatic carbocycles. The lowest BCUT2D eigenvalue weighted by Crippen LogP contribution is -2.46. The van der Waals surface area contributed by atoms with Gasteiger partial charge in [0.25, 0.3) is 0 Å². The maximum absolute atomic E-state index is 13.5. The third-order valence-corrected chi connectivity index (χ3v) is 7.14. The highest BCUT2D eigenvalue weighted by atomic mass is 19.4. The molecule has 0 aliphatic carbocycles. The predicted molar refractivity (Wildman–Crippen MR) is 122 cm³/mol. The van der Waals surface area contributed by atoms with Crippen molar-refractivity contribution in [3.63, 3.8) is 0 Å². The van der Waals surface area contributed by atoms with Crippen LogP contribution in [-0.4, -0.2) is 59.1 Å². The van der Waals surface area contributed by atoms with Crippen LogP contribution in [0.4, 0.5) is 18.9 Å². The first-order chi connectivity index (χ1) is 15.6. The highest BCUT2D eigenvalue weighted by Crippen LogP contribution is 2.39. The minimum Gasteiger partial charge on any atom is -0.393 e. The number of benzene rings is 1. The number of hydrogen-bond acceptors (Lipinski definition) is 5. The summed E-state index contributed by atoms with van der Waals surface area (Å²) in [5.41, 5.74) is -0.0125. The zero-order valence-electron chi connectivity index (χ0n) is 19.2. The number of pyridine rings is 1. The Balaban J connectivity index is 1.51. The van der Waals surface area contributed by atoms with E-state index in [1.165, 1.54) is 6.20 Å².